The first-order chi connectivity index (χ1) is 8.45. The zero-order valence-electron chi connectivity index (χ0n) is 11.2. The molecule has 0 bridgehead atoms. The number of hydrogen-bond acceptors (Lipinski definition) is 3. The van der Waals surface area contributed by atoms with Crippen molar-refractivity contribution in [2.24, 2.45) is 0 Å². The lowest BCUT2D eigenvalue weighted by molar-refractivity contribution is 0.0640. The molecule has 0 saturated heterocycles. The molecule has 108 valence electrons. The summed E-state index contributed by atoms with van der Waals surface area (Å²) in [5.74, 6) is -0.561. The minimum Gasteiger partial charge on any atom is -0.389 e. The second kappa shape index (κ2) is 5.36. The van der Waals surface area contributed by atoms with E-state index in [1.165, 1.54) is 33.9 Å². The Hall–Kier alpha value is -0.690. The predicted octanol–water partition coefficient (Wildman–Crippen LogP) is 2.18. The summed E-state index contributed by atoms with van der Waals surface area (Å²) in [6, 6.07) is 2.16. The first-order valence-electron chi connectivity index (χ1n) is 5.59. The molecule has 0 unspecified atom stereocenters. The monoisotopic (exact) mass is 309 g/mol. The van der Waals surface area contributed by atoms with Crippen molar-refractivity contribution in [1.82, 2.24) is 4.31 Å². The van der Waals surface area contributed by atoms with E-state index in [9.17, 15) is 17.9 Å². The minimum atomic E-state index is -3.87. The van der Waals surface area contributed by atoms with Gasteiger partial charge in [0, 0.05) is 13.6 Å². The van der Waals surface area contributed by atoms with Gasteiger partial charge >= 0.3 is 0 Å². The number of nitrogens with zero attached hydrogens (tertiary/aromatic N) is 1. The van der Waals surface area contributed by atoms with Gasteiger partial charge in [-0.05, 0) is 38.5 Å². The summed E-state index contributed by atoms with van der Waals surface area (Å²) in [7, 11) is -2.53. The highest BCUT2D eigenvalue weighted by Gasteiger charge is 2.28. The van der Waals surface area contributed by atoms with Gasteiger partial charge < -0.3 is 5.11 Å². The predicted molar refractivity (Wildman–Crippen MR) is 72.3 cm³/mol. The maximum Gasteiger partial charge on any atom is 0.244 e. The van der Waals surface area contributed by atoms with E-state index in [4.69, 9.17) is 11.6 Å². The first kappa shape index (κ1) is 16.4. The summed E-state index contributed by atoms with van der Waals surface area (Å²) in [5.41, 5.74) is -0.983. The van der Waals surface area contributed by atoms with Gasteiger partial charge in [-0.3, -0.25) is 0 Å². The third-order valence-corrected chi connectivity index (χ3v) is 4.78. The molecule has 0 aliphatic heterocycles. The smallest absolute Gasteiger partial charge is 0.244 e. The van der Waals surface area contributed by atoms with E-state index in [1.54, 1.807) is 0 Å². The lowest BCUT2D eigenvalue weighted by atomic mass is 10.1. The highest BCUT2D eigenvalue weighted by atomic mass is 35.5. The quantitative estimate of drug-likeness (QED) is 0.927. The van der Waals surface area contributed by atoms with Gasteiger partial charge in [-0.15, -0.1) is 0 Å². The molecule has 0 spiro atoms. The van der Waals surface area contributed by atoms with Crippen LogP contribution in [0.2, 0.25) is 5.02 Å². The van der Waals surface area contributed by atoms with Crippen LogP contribution in [0, 0.1) is 12.7 Å². The van der Waals surface area contributed by atoms with Gasteiger partial charge in [0.2, 0.25) is 10.0 Å². The van der Waals surface area contributed by atoms with Crippen molar-refractivity contribution in [3.05, 3.63) is 28.5 Å². The Labute approximate surface area is 117 Å². The Bertz CT molecular complexity index is 581. The van der Waals surface area contributed by atoms with E-state index in [-0.39, 0.29) is 22.0 Å². The molecule has 1 N–H and O–H groups in total. The third kappa shape index (κ3) is 3.89. The summed E-state index contributed by atoms with van der Waals surface area (Å²) in [6.45, 7) is 4.36. The molecule has 4 nitrogen and oxygen atoms in total. The number of aliphatic hydroxyl groups is 1. The van der Waals surface area contributed by atoms with Crippen molar-refractivity contribution in [2.45, 2.75) is 31.3 Å². The second-order valence-corrected chi connectivity index (χ2v) is 7.53. The highest BCUT2D eigenvalue weighted by Crippen LogP contribution is 2.27. The number of halogens is 2. The van der Waals surface area contributed by atoms with E-state index < -0.39 is 21.4 Å². The molecule has 0 aliphatic rings. The van der Waals surface area contributed by atoms with Crippen molar-refractivity contribution in [2.75, 3.05) is 13.6 Å². The SMILES string of the molecule is Cc1cc(S(=O)(=O)N(C)CC(C)(C)O)c(Cl)cc1F. The molecular weight excluding hydrogens is 293 g/mol. The molecule has 0 radical (unpaired) electrons. The summed E-state index contributed by atoms with van der Waals surface area (Å²) in [5, 5.41) is 9.49. The average molecular weight is 310 g/mol. The Balaban J connectivity index is 3.25. The van der Waals surface area contributed by atoms with Gasteiger partial charge in [0.05, 0.1) is 10.6 Å². The molecule has 0 saturated carbocycles. The normalized spacial score (nSPS) is 13.1. The fraction of sp³-hybridized carbons (Fsp3) is 0.500. The van der Waals surface area contributed by atoms with Gasteiger partial charge in [0.1, 0.15) is 10.7 Å². The van der Waals surface area contributed by atoms with E-state index in [0.29, 0.717) is 0 Å². The third-order valence-electron chi connectivity index (χ3n) is 2.51. The molecule has 1 aromatic rings. The van der Waals surface area contributed by atoms with Crippen molar-refractivity contribution < 1.29 is 17.9 Å². The summed E-state index contributed by atoms with van der Waals surface area (Å²) in [6.07, 6.45) is 0. The highest BCUT2D eigenvalue weighted by molar-refractivity contribution is 7.89. The molecule has 0 aromatic heterocycles. The Morgan fingerprint density at radius 3 is 2.42 bits per heavy atom. The van der Waals surface area contributed by atoms with Gasteiger partial charge in [-0.25, -0.2) is 12.8 Å². The van der Waals surface area contributed by atoms with Gasteiger partial charge in [0.25, 0.3) is 0 Å². The molecule has 19 heavy (non-hydrogen) atoms. The Morgan fingerprint density at radius 1 is 1.42 bits per heavy atom. The van der Waals surface area contributed by atoms with Crippen LogP contribution >= 0.6 is 11.6 Å². The molecule has 0 amide bonds. The van der Waals surface area contributed by atoms with Gasteiger partial charge in [-0.1, -0.05) is 11.6 Å². The van der Waals surface area contributed by atoms with E-state index in [0.717, 1.165) is 10.4 Å². The summed E-state index contributed by atoms with van der Waals surface area (Å²) < 4.78 is 38.9. The maximum atomic E-state index is 13.3. The van der Waals surface area contributed by atoms with Crippen LogP contribution in [0.1, 0.15) is 19.4 Å². The average Bonchev–Trinajstić information content (AvgIpc) is 2.20. The first-order valence-corrected chi connectivity index (χ1v) is 7.41. The van der Waals surface area contributed by atoms with Gasteiger partial charge in [-0.2, -0.15) is 4.31 Å². The van der Waals surface area contributed by atoms with Crippen LogP contribution in [0.15, 0.2) is 17.0 Å². The number of hydrogen-bond donors (Lipinski definition) is 1. The van der Waals surface area contributed by atoms with Crippen LogP contribution in [0.4, 0.5) is 4.39 Å². The number of aryl methyl sites for hydroxylation is 1. The topological polar surface area (TPSA) is 57.6 Å². The van der Waals surface area contributed by atoms with Crippen LogP contribution in [0.5, 0.6) is 0 Å². The second-order valence-electron chi connectivity index (χ2n) is 5.11. The molecule has 0 atom stereocenters. The van der Waals surface area contributed by atoms with E-state index in [1.807, 2.05) is 0 Å². The van der Waals surface area contributed by atoms with E-state index in [2.05, 4.69) is 0 Å². The Morgan fingerprint density at radius 2 is 1.95 bits per heavy atom. The Kier molecular flexibility index (Phi) is 4.62. The van der Waals surface area contributed by atoms with Gasteiger partial charge in [0.15, 0.2) is 0 Å². The number of likely N-dealkylation sites (N-methyl/N-ethyl adjacent to an activating group) is 1. The standard InChI is InChI=1S/C12H17ClFNO3S/c1-8-5-11(9(13)6-10(8)14)19(17,18)15(4)7-12(2,3)16/h5-6,16H,7H2,1-4H3. The molecule has 1 aromatic carbocycles. The largest absolute Gasteiger partial charge is 0.389 e. The summed E-state index contributed by atoms with van der Waals surface area (Å²) >= 11 is 5.79. The number of rotatable bonds is 4. The molecular formula is C12H17ClFNO3S. The number of sulfonamides is 1. The molecule has 1 rings (SSSR count). The lowest BCUT2D eigenvalue weighted by Gasteiger charge is -2.25. The van der Waals surface area contributed by atoms with Crippen LogP contribution in [-0.2, 0) is 10.0 Å². The van der Waals surface area contributed by atoms with Crippen LogP contribution in [0.25, 0.3) is 0 Å². The molecule has 7 heteroatoms. The maximum absolute atomic E-state index is 13.3. The fourth-order valence-corrected chi connectivity index (χ4v) is 3.52. The summed E-state index contributed by atoms with van der Waals surface area (Å²) in [4.78, 5) is -0.167. The molecule has 0 aliphatic carbocycles. The van der Waals surface area contributed by atoms with Crippen LogP contribution < -0.4 is 0 Å². The van der Waals surface area contributed by atoms with Crippen LogP contribution in [0.3, 0.4) is 0 Å². The number of benzene rings is 1. The van der Waals surface area contributed by atoms with Crippen LogP contribution in [-0.4, -0.2) is 37.0 Å². The fourth-order valence-electron chi connectivity index (χ4n) is 1.63. The van der Waals surface area contributed by atoms with Crippen molar-refractivity contribution >= 4 is 21.6 Å². The molecule has 0 heterocycles. The lowest BCUT2D eigenvalue weighted by Crippen LogP contribution is -2.39. The van der Waals surface area contributed by atoms with Crippen molar-refractivity contribution in [1.29, 1.82) is 0 Å². The zero-order chi connectivity index (χ0) is 15.0. The van der Waals surface area contributed by atoms with Crippen molar-refractivity contribution in [3.8, 4) is 0 Å². The zero-order valence-corrected chi connectivity index (χ0v) is 12.8. The molecule has 0 fully saturated rings. The minimum absolute atomic E-state index is 0.0952. The van der Waals surface area contributed by atoms with Crippen molar-refractivity contribution in [3.63, 3.8) is 0 Å². The van der Waals surface area contributed by atoms with E-state index >= 15 is 0 Å².